The van der Waals surface area contributed by atoms with E-state index < -0.39 is 23.8 Å². The van der Waals surface area contributed by atoms with Gasteiger partial charge in [-0.05, 0) is 41.4 Å². The molecule has 6 N–H and O–H groups in total. The number of phenolic OH excluding ortho intramolecular Hbond substituents is 1. The molecule has 1 atom stereocenters. The lowest BCUT2D eigenvalue weighted by Crippen LogP contribution is -2.44. The van der Waals surface area contributed by atoms with Crippen LogP contribution >= 0.6 is 11.5 Å². The molecule has 0 saturated heterocycles. The third kappa shape index (κ3) is 5.67. The van der Waals surface area contributed by atoms with Crippen LogP contribution in [0.1, 0.15) is 31.8 Å². The van der Waals surface area contributed by atoms with Gasteiger partial charge in [-0.3, -0.25) is 19.3 Å². The summed E-state index contributed by atoms with van der Waals surface area (Å²) >= 11 is 0.704. The number of primary amides is 1. The first kappa shape index (κ1) is 25.5. The second-order valence-electron chi connectivity index (χ2n) is 7.29. The van der Waals surface area contributed by atoms with Crippen LogP contribution in [0.4, 0.5) is 11.4 Å². The Kier molecular flexibility index (Phi) is 8.23. The Hall–Kier alpha value is -4.16. The van der Waals surface area contributed by atoms with Crippen molar-refractivity contribution in [3.8, 4) is 11.5 Å². The maximum atomic E-state index is 13.9. The van der Waals surface area contributed by atoms with Crippen molar-refractivity contribution in [1.82, 2.24) is 9.69 Å². The molecule has 0 fully saturated rings. The molecule has 0 spiro atoms. The Bertz CT molecular complexity index is 1210. The van der Waals surface area contributed by atoms with Crippen LogP contribution in [-0.2, 0) is 9.53 Å². The number of phenols is 1. The summed E-state index contributed by atoms with van der Waals surface area (Å²) in [5.41, 5.74) is 11.7. The van der Waals surface area contributed by atoms with Crippen LogP contribution in [-0.4, -0.2) is 54.6 Å². The second kappa shape index (κ2) is 11.3. The van der Waals surface area contributed by atoms with Gasteiger partial charge < -0.3 is 31.4 Å². The summed E-state index contributed by atoms with van der Waals surface area (Å²) in [6, 6.07) is 11.2. The highest BCUT2D eigenvalue weighted by Crippen LogP contribution is 2.35. The lowest BCUT2D eigenvalue weighted by atomic mass is 10.0. The molecular formula is C23H25N5O6S. The van der Waals surface area contributed by atoms with Crippen molar-refractivity contribution in [2.75, 3.05) is 38.0 Å². The number of carbonyl (C=O) groups is 3. The minimum atomic E-state index is -1.19. The number of aromatic nitrogens is 1. The van der Waals surface area contributed by atoms with Crippen molar-refractivity contribution in [1.29, 1.82) is 0 Å². The molecule has 12 heteroatoms. The van der Waals surface area contributed by atoms with Gasteiger partial charge in [-0.1, -0.05) is 18.2 Å². The van der Waals surface area contributed by atoms with Gasteiger partial charge in [0.15, 0.2) is 5.69 Å². The van der Waals surface area contributed by atoms with Crippen LogP contribution < -0.4 is 26.4 Å². The quantitative estimate of drug-likeness (QED) is 0.305. The fourth-order valence-electron chi connectivity index (χ4n) is 3.33. The van der Waals surface area contributed by atoms with Gasteiger partial charge >= 0.3 is 0 Å². The highest BCUT2D eigenvalue weighted by molar-refractivity contribution is 7.09. The molecule has 184 valence electrons. The van der Waals surface area contributed by atoms with Gasteiger partial charge in [-0.15, -0.1) is 0 Å². The summed E-state index contributed by atoms with van der Waals surface area (Å²) in [4.78, 5) is 40.2. The fraction of sp³-hybridized carbons (Fsp3) is 0.217. The monoisotopic (exact) mass is 499 g/mol. The average Bonchev–Trinajstić information content (AvgIpc) is 3.24. The fourth-order valence-corrected chi connectivity index (χ4v) is 4.07. The van der Waals surface area contributed by atoms with Crippen molar-refractivity contribution in [3.05, 3.63) is 64.7 Å². The van der Waals surface area contributed by atoms with Gasteiger partial charge in [0.05, 0.1) is 19.4 Å². The topological polar surface area (TPSA) is 170 Å². The average molecular weight is 500 g/mol. The molecule has 0 aliphatic rings. The van der Waals surface area contributed by atoms with Crippen molar-refractivity contribution in [2.45, 2.75) is 6.04 Å². The summed E-state index contributed by atoms with van der Waals surface area (Å²) in [5, 5.41) is 12.5. The summed E-state index contributed by atoms with van der Waals surface area (Å²) in [5.74, 6) is -1.63. The Labute approximate surface area is 205 Å². The number of amides is 3. The van der Waals surface area contributed by atoms with Gasteiger partial charge in [-0.25, -0.2) is 0 Å². The first-order chi connectivity index (χ1) is 16.8. The van der Waals surface area contributed by atoms with Crippen LogP contribution in [0.25, 0.3) is 0 Å². The third-order valence-electron chi connectivity index (χ3n) is 5.03. The largest absolute Gasteiger partial charge is 0.508 e. The van der Waals surface area contributed by atoms with Crippen molar-refractivity contribution in [2.24, 2.45) is 5.73 Å². The van der Waals surface area contributed by atoms with Crippen molar-refractivity contribution < 1.29 is 29.0 Å². The molecule has 0 aliphatic heterocycles. The van der Waals surface area contributed by atoms with E-state index in [1.54, 1.807) is 24.3 Å². The molecule has 2 aromatic carbocycles. The van der Waals surface area contributed by atoms with E-state index in [2.05, 4.69) is 9.69 Å². The van der Waals surface area contributed by atoms with Gasteiger partial charge in [-0.2, -0.15) is 4.37 Å². The smallest absolute Gasteiger partial charge is 0.273 e. The maximum Gasteiger partial charge on any atom is 0.273 e. The number of carbonyl (C=O) groups excluding carboxylic acids is 3. The molecule has 0 unspecified atom stereocenters. The van der Waals surface area contributed by atoms with Gasteiger partial charge in [0, 0.05) is 25.4 Å². The number of nitrogens with zero attached hydrogens (tertiary/aromatic N) is 2. The van der Waals surface area contributed by atoms with E-state index in [-0.39, 0.29) is 35.2 Å². The first-order valence-corrected chi connectivity index (χ1v) is 11.1. The predicted molar refractivity (Wildman–Crippen MR) is 131 cm³/mol. The molecule has 1 aromatic heterocycles. The van der Waals surface area contributed by atoms with Crippen LogP contribution in [0.2, 0.25) is 0 Å². The third-order valence-corrected chi connectivity index (χ3v) is 5.88. The number of hydrogen-bond donors (Lipinski definition) is 4. The molecule has 1 heterocycles. The minimum absolute atomic E-state index is 0.00986. The number of aromatic hydroxyl groups is 1. The molecule has 0 bridgehead atoms. The number of benzene rings is 2. The lowest BCUT2D eigenvalue weighted by Gasteiger charge is -2.31. The number of hydrogen-bond acceptors (Lipinski definition) is 9. The zero-order valence-corrected chi connectivity index (χ0v) is 19.9. The van der Waals surface area contributed by atoms with E-state index in [9.17, 15) is 19.5 Å². The van der Waals surface area contributed by atoms with Crippen molar-refractivity contribution in [3.63, 3.8) is 0 Å². The van der Waals surface area contributed by atoms with Crippen molar-refractivity contribution >= 4 is 40.6 Å². The number of methoxy groups -OCH3 is 2. The van der Waals surface area contributed by atoms with Crippen LogP contribution in [0.3, 0.4) is 0 Å². The van der Waals surface area contributed by atoms with Crippen LogP contribution in [0, 0.1) is 0 Å². The van der Waals surface area contributed by atoms with E-state index >= 15 is 0 Å². The van der Waals surface area contributed by atoms with E-state index in [4.69, 9.17) is 20.9 Å². The summed E-state index contributed by atoms with van der Waals surface area (Å²) in [6.07, 6.45) is 0. The van der Waals surface area contributed by atoms with Crippen LogP contribution in [0.5, 0.6) is 11.5 Å². The standard InChI is InChI=1S/C23H25N5O6S/c1-33-11-10-26-22(31)19(13-6-8-15(29)9-7-13)28(14-4-3-5-16(12-14)34-2)23(32)20-17(24)18(21(25)30)27-35-20/h3-9,12,19,29H,10-11,24H2,1-2H3,(H2,25,30)(H,26,31)/t19-/m0/s1. The number of nitrogens with one attached hydrogen (secondary N) is 1. The van der Waals surface area contributed by atoms with E-state index in [1.165, 1.54) is 43.4 Å². The van der Waals surface area contributed by atoms with E-state index in [1.807, 2.05) is 0 Å². The Morgan fingerprint density at radius 1 is 1.17 bits per heavy atom. The number of nitrogens with two attached hydrogens (primary N) is 2. The SMILES string of the molecule is COCCNC(=O)[C@H](c1ccc(O)cc1)N(C(=O)c1snc(C(N)=O)c1N)c1cccc(OC)c1. The maximum absolute atomic E-state index is 13.9. The zero-order chi connectivity index (χ0) is 25.5. The first-order valence-electron chi connectivity index (χ1n) is 10.4. The Morgan fingerprint density at radius 3 is 2.49 bits per heavy atom. The molecule has 0 aliphatic carbocycles. The molecular weight excluding hydrogens is 474 g/mol. The molecule has 35 heavy (non-hydrogen) atoms. The summed E-state index contributed by atoms with van der Waals surface area (Å²) < 4.78 is 14.2. The summed E-state index contributed by atoms with van der Waals surface area (Å²) in [7, 11) is 2.97. The molecule has 0 saturated carbocycles. The summed E-state index contributed by atoms with van der Waals surface area (Å²) in [6.45, 7) is 0.448. The van der Waals surface area contributed by atoms with Gasteiger partial charge in [0.25, 0.3) is 11.8 Å². The number of ether oxygens (including phenoxy) is 2. The minimum Gasteiger partial charge on any atom is -0.508 e. The normalized spacial score (nSPS) is 11.5. The lowest BCUT2D eigenvalue weighted by molar-refractivity contribution is -0.122. The second-order valence-corrected chi connectivity index (χ2v) is 8.07. The van der Waals surface area contributed by atoms with Crippen LogP contribution in [0.15, 0.2) is 48.5 Å². The highest BCUT2D eigenvalue weighted by atomic mass is 32.1. The molecule has 3 amide bonds. The van der Waals surface area contributed by atoms with Gasteiger partial charge in [0.1, 0.15) is 22.4 Å². The zero-order valence-electron chi connectivity index (χ0n) is 19.1. The molecule has 3 rings (SSSR count). The molecule has 3 aromatic rings. The number of nitrogen functional groups attached to an aromatic ring is 1. The van der Waals surface area contributed by atoms with E-state index in [0.29, 0.717) is 28.5 Å². The predicted octanol–water partition coefficient (Wildman–Crippen LogP) is 1.69. The molecule has 11 nitrogen and oxygen atoms in total. The Balaban J connectivity index is 2.19. The number of anilines is 2. The highest BCUT2D eigenvalue weighted by Gasteiger charge is 2.36. The van der Waals surface area contributed by atoms with E-state index in [0.717, 1.165) is 0 Å². The number of rotatable bonds is 10. The van der Waals surface area contributed by atoms with Gasteiger partial charge in [0.2, 0.25) is 5.91 Å². The Morgan fingerprint density at radius 2 is 1.89 bits per heavy atom. The molecule has 0 radical (unpaired) electrons.